The van der Waals surface area contributed by atoms with Crippen LogP contribution in [0.4, 0.5) is 0 Å². The molecule has 1 heterocycles. The summed E-state index contributed by atoms with van der Waals surface area (Å²) < 4.78 is 2.19. The van der Waals surface area contributed by atoms with E-state index in [0.29, 0.717) is 0 Å². The largest absolute Gasteiger partial charge is 0.330 e. The first-order chi connectivity index (χ1) is 9.10. The van der Waals surface area contributed by atoms with E-state index in [0.717, 1.165) is 25.2 Å². The molecule has 0 fully saturated rings. The summed E-state index contributed by atoms with van der Waals surface area (Å²) >= 11 is 0. The maximum atomic E-state index is 6.02. The van der Waals surface area contributed by atoms with Crippen molar-refractivity contribution in [3.63, 3.8) is 0 Å². The smallest absolute Gasteiger partial charge is 0.110 e. The Morgan fingerprint density at radius 3 is 2.74 bits per heavy atom. The second kappa shape index (κ2) is 6.02. The van der Waals surface area contributed by atoms with Gasteiger partial charge < -0.3 is 10.3 Å². The van der Waals surface area contributed by atoms with Gasteiger partial charge in [-0.25, -0.2) is 4.98 Å². The molecule has 0 amide bonds. The zero-order valence-electron chi connectivity index (χ0n) is 12.1. The molecule has 3 heteroatoms. The molecule has 0 bridgehead atoms. The van der Waals surface area contributed by atoms with Crippen LogP contribution in [0.15, 0.2) is 30.6 Å². The molecular formula is C16H23N3. The van der Waals surface area contributed by atoms with Gasteiger partial charge in [-0.1, -0.05) is 25.1 Å². The standard InChI is InChI=1S/C16H23N3/c1-4-15(17)10-16-18-7-8-19(16)11-14-6-5-12(2)13(3)9-14/h5-9,15H,4,10-11,17H2,1-3H3. The topological polar surface area (TPSA) is 43.8 Å². The van der Waals surface area contributed by atoms with Crippen molar-refractivity contribution in [1.82, 2.24) is 9.55 Å². The number of aryl methyl sites for hydroxylation is 2. The number of rotatable bonds is 5. The maximum absolute atomic E-state index is 6.02. The fourth-order valence-electron chi connectivity index (χ4n) is 2.15. The van der Waals surface area contributed by atoms with Gasteiger partial charge in [0.05, 0.1) is 0 Å². The van der Waals surface area contributed by atoms with E-state index in [2.05, 4.69) is 48.5 Å². The van der Waals surface area contributed by atoms with Crippen LogP contribution in [0, 0.1) is 13.8 Å². The minimum Gasteiger partial charge on any atom is -0.330 e. The zero-order valence-corrected chi connectivity index (χ0v) is 12.1. The lowest BCUT2D eigenvalue weighted by atomic mass is 10.1. The van der Waals surface area contributed by atoms with Gasteiger partial charge >= 0.3 is 0 Å². The first kappa shape index (κ1) is 13.8. The number of hydrogen-bond acceptors (Lipinski definition) is 2. The molecule has 19 heavy (non-hydrogen) atoms. The van der Waals surface area contributed by atoms with Crippen LogP contribution in [-0.4, -0.2) is 15.6 Å². The summed E-state index contributed by atoms with van der Waals surface area (Å²) in [7, 11) is 0. The van der Waals surface area contributed by atoms with Gasteiger partial charge in [-0.05, 0) is 37.0 Å². The molecule has 0 aliphatic heterocycles. The Morgan fingerprint density at radius 2 is 2.05 bits per heavy atom. The van der Waals surface area contributed by atoms with Crippen molar-refractivity contribution in [2.45, 2.75) is 46.2 Å². The van der Waals surface area contributed by atoms with Crippen LogP contribution < -0.4 is 5.73 Å². The fraction of sp³-hybridized carbons (Fsp3) is 0.438. The predicted octanol–water partition coefficient (Wildman–Crippen LogP) is 2.83. The summed E-state index contributed by atoms with van der Waals surface area (Å²) in [5.74, 6) is 1.08. The second-order valence-corrected chi connectivity index (χ2v) is 5.26. The Hall–Kier alpha value is -1.61. The number of nitrogens with two attached hydrogens (primary N) is 1. The first-order valence-electron chi connectivity index (χ1n) is 6.92. The first-order valence-corrected chi connectivity index (χ1v) is 6.92. The highest BCUT2D eigenvalue weighted by Crippen LogP contribution is 2.12. The SMILES string of the molecule is CCC(N)Cc1nccn1Cc1ccc(C)c(C)c1. The minimum atomic E-state index is 0.195. The third-order valence-electron chi connectivity index (χ3n) is 3.70. The summed E-state index contributed by atoms with van der Waals surface area (Å²) in [5, 5.41) is 0. The average molecular weight is 257 g/mol. The van der Waals surface area contributed by atoms with Crippen LogP contribution >= 0.6 is 0 Å². The molecule has 1 unspecified atom stereocenters. The van der Waals surface area contributed by atoms with Crippen molar-refractivity contribution in [1.29, 1.82) is 0 Å². The molecule has 1 aromatic heterocycles. The van der Waals surface area contributed by atoms with Gasteiger partial charge in [0.1, 0.15) is 5.82 Å². The molecule has 0 radical (unpaired) electrons. The molecule has 0 aliphatic carbocycles. The average Bonchev–Trinajstić information content (AvgIpc) is 2.81. The van der Waals surface area contributed by atoms with Crippen LogP contribution in [0.1, 0.15) is 35.9 Å². The lowest BCUT2D eigenvalue weighted by Crippen LogP contribution is -2.23. The molecule has 2 N–H and O–H groups in total. The number of hydrogen-bond donors (Lipinski definition) is 1. The molecule has 0 saturated heterocycles. The van der Waals surface area contributed by atoms with E-state index in [1.165, 1.54) is 16.7 Å². The van der Waals surface area contributed by atoms with Crippen LogP contribution in [-0.2, 0) is 13.0 Å². The van der Waals surface area contributed by atoms with Gasteiger partial charge in [-0.2, -0.15) is 0 Å². The van der Waals surface area contributed by atoms with E-state index in [9.17, 15) is 0 Å². The van der Waals surface area contributed by atoms with E-state index < -0.39 is 0 Å². The van der Waals surface area contributed by atoms with Gasteiger partial charge in [0.25, 0.3) is 0 Å². The number of benzene rings is 1. The third kappa shape index (κ3) is 3.44. The van der Waals surface area contributed by atoms with Gasteiger partial charge in [0.15, 0.2) is 0 Å². The van der Waals surface area contributed by atoms with Gasteiger partial charge in [-0.3, -0.25) is 0 Å². The molecule has 0 spiro atoms. The molecule has 0 aliphatic rings. The fourth-order valence-corrected chi connectivity index (χ4v) is 2.15. The van der Waals surface area contributed by atoms with Crippen molar-refractivity contribution < 1.29 is 0 Å². The number of imidazole rings is 1. The molecule has 1 aromatic carbocycles. The summed E-state index contributed by atoms with van der Waals surface area (Å²) in [6, 6.07) is 6.81. The summed E-state index contributed by atoms with van der Waals surface area (Å²) in [6.07, 6.45) is 5.72. The monoisotopic (exact) mass is 257 g/mol. The Kier molecular flexibility index (Phi) is 4.38. The highest BCUT2D eigenvalue weighted by atomic mass is 15.1. The molecule has 2 aromatic rings. The molecule has 1 atom stereocenters. The highest BCUT2D eigenvalue weighted by molar-refractivity contribution is 5.30. The predicted molar refractivity (Wildman–Crippen MR) is 79.2 cm³/mol. The van der Waals surface area contributed by atoms with Crippen LogP contribution in [0.25, 0.3) is 0 Å². The van der Waals surface area contributed by atoms with E-state index in [1.807, 2.05) is 12.4 Å². The van der Waals surface area contributed by atoms with Gasteiger partial charge in [-0.15, -0.1) is 0 Å². The third-order valence-corrected chi connectivity index (χ3v) is 3.70. The second-order valence-electron chi connectivity index (χ2n) is 5.26. The number of aromatic nitrogens is 2. The van der Waals surface area contributed by atoms with Crippen LogP contribution in [0.5, 0.6) is 0 Å². The van der Waals surface area contributed by atoms with E-state index in [-0.39, 0.29) is 6.04 Å². The van der Waals surface area contributed by atoms with Gasteiger partial charge in [0, 0.05) is 31.4 Å². The lowest BCUT2D eigenvalue weighted by Gasteiger charge is -2.12. The Labute approximate surface area is 115 Å². The van der Waals surface area contributed by atoms with Gasteiger partial charge in [0.2, 0.25) is 0 Å². The lowest BCUT2D eigenvalue weighted by molar-refractivity contribution is 0.597. The van der Waals surface area contributed by atoms with Crippen molar-refractivity contribution in [3.8, 4) is 0 Å². The van der Waals surface area contributed by atoms with E-state index >= 15 is 0 Å². The molecular weight excluding hydrogens is 234 g/mol. The van der Waals surface area contributed by atoms with Crippen molar-refractivity contribution in [3.05, 3.63) is 53.1 Å². The van der Waals surface area contributed by atoms with E-state index in [4.69, 9.17) is 5.73 Å². The molecule has 3 nitrogen and oxygen atoms in total. The summed E-state index contributed by atoms with van der Waals surface area (Å²) in [4.78, 5) is 4.42. The molecule has 2 rings (SSSR count). The van der Waals surface area contributed by atoms with Crippen molar-refractivity contribution in [2.75, 3.05) is 0 Å². The Bertz CT molecular complexity index is 543. The maximum Gasteiger partial charge on any atom is 0.110 e. The zero-order chi connectivity index (χ0) is 13.8. The normalized spacial score (nSPS) is 12.6. The van der Waals surface area contributed by atoms with Crippen LogP contribution in [0.2, 0.25) is 0 Å². The number of nitrogens with zero attached hydrogens (tertiary/aromatic N) is 2. The van der Waals surface area contributed by atoms with Crippen molar-refractivity contribution >= 4 is 0 Å². The van der Waals surface area contributed by atoms with E-state index in [1.54, 1.807) is 0 Å². The molecule has 0 saturated carbocycles. The highest BCUT2D eigenvalue weighted by Gasteiger charge is 2.08. The summed E-state index contributed by atoms with van der Waals surface area (Å²) in [5.41, 5.74) is 10.0. The molecule has 102 valence electrons. The quantitative estimate of drug-likeness (QED) is 0.895. The van der Waals surface area contributed by atoms with Crippen molar-refractivity contribution in [2.24, 2.45) is 5.73 Å². The summed E-state index contributed by atoms with van der Waals surface area (Å²) in [6.45, 7) is 7.27. The Balaban J connectivity index is 2.14. The van der Waals surface area contributed by atoms with Crippen LogP contribution in [0.3, 0.4) is 0 Å². The Morgan fingerprint density at radius 1 is 1.26 bits per heavy atom. The minimum absolute atomic E-state index is 0.195.